The van der Waals surface area contributed by atoms with Gasteiger partial charge in [0.05, 0.1) is 0 Å². The zero-order chi connectivity index (χ0) is 10.1. The van der Waals surface area contributed by atoms with Crippen molar-refractivity contribution in [3.05, 3.63) is 33.8 Å². The summed E-state index contributed by atoms with van der Waals surface area (Å²) < 4.78 is 5.99. The lowest BCUT2D eigenvalue weighted by Gasteiger charge is -1.95. The van der Waals surface area contributed by atoms with Gasteiger partial charge in [0.15, 0.2) is 11.6 Å². The zero-order valence-electron chi connectivity index (χ0n) is 7.00. The lowest BCUT2D eigenvalue weighted by atomic mass is 10.2. The van der Waals surface area contributed by atoms with Crippen LogP contribution in [0.5, 0.6) is 0 Å². The van der Waals surface area contributed by atoms with E-state index in [1.54, 1.807) is 0 Å². The molecule has 0 aliphatic rings. The molecule has 3 nitrogen and oxygen atoms in total. The van der Waals surface area contributed by atoms with E-state index in [9.17, 15) is 0 Å². The maximum Gasteiger partial charge on any atom is 0.187 e. The summed E-state index contributed by atoms with van der Waals surface area (Å²) in [6, 6.07) is 7.53. The van der Waals surface area contributed by atoms with Gasteiger partial charge in [0.25, 0.3) is 0 Å². The Morgan fingerprint density at radius 1 is 1.29 bits per heavy atom. The molecule has 0 aliphatic carbocycles. The first kappa shape index (κ1) is 9.55. The van der Waals surface area contributed by atoms with Gasteiger partial charge in [-0.3, -0.25) is 0 Å². The topological polar surface area (TPSA) is 52.0 Å². The summed E-state index contributed by atoms with van der Waals surface area (Å²) in [6.45, 7) is 0. The molecule has 0 aliphatic heterocycles. The number of rotatable bonds is 1. The summed E-state index contributed by atoms with van der Waals surface area (Å²) in [5, 5.41) is 3.93. The van der Waals surface area contributed by atoms with E-state index < -0.39 is 0 Å². The van der Waals surface area contributed by atoms with E-state index in [2.05, 4.69) is 21.1 Å². The van der Waals surface area contributed by atoms with Crippen molar-refractivity contribution < 1.29 is 4.52 Å². The summed E-state index contributed by atoms with van der Waals surface area (Å²) in [4.78, 5) is 0. The van der Waals surface area contributed by atoms with Gasteiger partial charge in [-0.15, -0.1) is 0 Å². The van der Waals surface area contributed by atoms with Crippen LogP contribution in [0, 0.1) is 0 Å². The van der Waals surface area contributed by atoms with Gasteiger partial charge in [-0.05, 0) is 24.3 Å². The van der Waals surface area contributed by atoms with Crippen LogP contribution in [0.3, 0.4) is 0 Å². The van der Waals surface area contributed by atoms with Gasteiger partial charge in [-0.25, -0.2) is 0 Å². The molecule has 0 fully saturated rings. The van der Waals surface area contributed by atoms with Crippen LogP contribution < -0.4 is 5.73 Å². The molecule has 0 spiro atoms. The van der Waals surface area contributed by atoms with Crippen LogP contribution in [0.1, 0.15) is 0 Å². The first-order chi connectivity index (χ1) is 6.68. The SMILES string of the molecule is Nc1noc(-c2ccc(Br)cc2)c1Cl. The Hall–Kier alpha value is -1.000. The highest BCUT2D eigenvalue weighted by Crippen LogP contribution is 2.32. The summed E-state index contributed by atoms with van der Waals surface area (Å²) >= 11 is 9.23. The molecule has 0 amide bonds. The van der Waals surface area contributed by atoms with Gasteiger partial charge in [0, 0.05) is 10.0 Å². The zero-order valence-corrected chi connectivity index (χ0v) is 9.34. The van der Waals surface area contributed by atoms with Gasteiger partial charge in [0.2, 0.25) is 0 Å². The van der Waals surface area contributed by atoms with Crippen molar-refractivity contribution in [1.29, 1.82) is 0 Å². The van der Waals surface area contributed by atoms with Crippen molar-refractivity contribution in [3.63, 3.8) is 0 Å². The predicted molar refractivity (Wildman–Crippen MR) is 59.1 cm³/mol. The third-order valence-corrected chi connectivity index (χ3v) is 2.66. The molecule has 0 bridgehead atoms. The van der Waals surface area contributed by atoms with Crippen LogP contribution >= 0.6 is 27.5 Å². The highest BCUT2D eigenvalue weighted by molar-refractivity contribution is 9.10. The fraction of sp³-hybridized carbons (Fsp3) is 0. The van der Waals surface area contributed by atoms with E-state index in [4.69, 9.17) is 21.9 Å². The molecule has 1 aromatic heterocycles. The van der Waals surface area contributed by atoms with Crippen molar-refractivity contribution in [2.75, 3.05) is 5.73 Å². The number of hydrogen-bond acceptors (Lipinski definition) is 3. The van der Waals surface area contributed by atoms with E-state index in [0.717, 1.165) is 10.0 Å². The Balaban J connectivity index is 2.49. The Bertz CT molecular complexity index is 452. The third kappa shape index (κ3) is 1.63. The van der Waals surface area contributed by atoms with E-state index in [-0.39, 0.29) is 5.82 Å². The van der Waals surface area contributed by atoms with Crippen LogP contribution in [0.2, 0.25) is 5.02 Å². The molecular weight excluding hydrogens is 267 g/mol. The molecule has 0 saturated heterocycles. The third-order valence-electron chi connectivity index (χ3n) is 1.77. The van der Waals surface area contributed by atoms with Crippen molar-refractivity contribution >= 4 is 33.3 Å². The quantitative estimate of drug-likeness (QED) is 0.867. The van der Waals surface area contributed by atoms with Crippen LogP contribution in [0.25, 0.3) is 11.3 Å². The fourth-order valence-corrected chi connectivity index (χ4v) is 1.51. The molecule has 0 saturated carbocycles. The summed E-state index contributed by atoms with van der Waals surface area (Å²) in [5.74, 6) is 0.709. The minimum absolute atomic E-state index is 0.213. The molecule has 0 unspecified atom stereocenters. The van der Waals surface area contributed by atoms with Crippen LogP contribution in [-0.2, 0) is 0 Å². The monoisotopic (exact) mass is 272 g/mol. The first-order valence-corrected chi connectivity index (χ1v) is 5.02. The number of benzene rings is 1. The molecule has 14 heavy (non-hydrogen) atoms. The molecule has 2 aromatic rings. The van der Waals surface area contributed by atoms with E-state index in [0.29, 0.717) is 10.8 Å². The van der Waals surface area contributed by atoms with Gasteiger partial charge in [-0.1, -0.05) is 32.7 Å². The number of nitrogens with two attached hydrogens (primary N) is 1. The fourth-order valence-electron chi connectivity index (χ4n) is 1.07. The van der Waals surface area contributed by atoms with Gasteiger partial charge in [-0.2, -0.15) is 0 Å². The van der Waals surface area contributed by atoms with Crippen LogP contribution in [0.4, 0.5) is 5.82 Å². The van der Waals surface area contributed by atoms with Crippen molar-refractivity contribution in [3.8, 4) is 11.3 Å². The molecule has 0 radical (unpaired) electrons. The lowest BCUT2D eigenvalue weighted by Crippen LogP contribution is -1.83. The largest absolute Gasteiger partial charge is 0.380 e. The Labute approximate surface area is 94.0 Å². The minimum atomic E-state index is 0.213. The first-order valence-electron chi connectivity index (χ1n) is 3.85. The maximum absolute atomic E-state index is 5.89. The second-order valence-electron chi connectivity index (χ2n) is 2.72. The number of hydrogen-bond donors (Lipinski definition) is 1. The van der Waals surface area contributed by atoms with Crippen molar-refractivity contribution in [2.45, 2.75) is 0 Å². The number of halogens is 2. The molecule has 5 heteroatoms. The summed E-state index contributed by atoms with van der Waals surface area (Å²) in [7, 11) is 0. The van der Waals surface area contributed by atoms with Gasteiger partial charge < -0.3 is 10.3 Å². The molecule has 72 valence electrons. The molecular formula is C9H6BrClN2O. The van der Waals surface area contributed by atoms with Gasteiger partial charge >= 0.3 is 0 Å². The highest BCUT2D eigenvalue weighted by atomic mass is 79.9. The smallest absolute Gasteiger partial charge is 0.187 e. The molecule has 1 aromatic carbocycles. The van der Waals surface area contributed by atoms with Gasteiger partial charge in [0.1, 0.15) is 5.02 Å². The minimum Gasteiger partial charge on any atom is -0.380 e. The second kappa shape index (κ2) is 3.63. The average molecular weight is 274 g/mol. The molecule has 1 heterocycles. The highest BCUT2D eigenvalue weighted by Gasteiger charge is 2.12. The molecule has 2 N–H and O–H groups in total. The van der Waals surface area contributed by atoms with E-state index in [1.807, 2.05) is 24.3 Å². The number of anilines is 1. The van der Waals surface area contributed by atoms with Crippen LogP contribution in [-0.4, -0.2) is 5.16 Å². The normalized spacial score (nSPS) is 10.4. The predicted octanol–water partition coefficient (Wildman–Crippen LogP) is 3.34. The molecule has 2 rings (SSSR count). The Morgan fingerprint density at radius 2 is 1.93 bits per heavy atom. The van der Waals surface area contributed by atoms with E-state index >= 15 is 0 Å². The summed E-state index contributed by atoms with van der Waals surface area (Å²) in [5.41, 5.74) is 6.31. The standard InChI is InChI=1S/C9H6BrClN2O/c10-6-3-1-5(2-4-6)8-7(11)9(12)13-14-8/h1-4H,(H2,12,13). The van der Waals surface area contributed by atoms with E-state index in [1.165, 1.54) is 0 Å². The Morgan fingerprint density at radius 3 is 2.43 bits per heavy atom. The molecule has 0 atom stereocenters. The average Bonchev–Trinajstić information content (AvgIpc) is 2.50. The number of nitrogen functional groups attached to an aromatic ring is 1. The number of nitrogens with zero attached hydrogens (tertiary/aromatic N) is 1. The Kier molecular flexibility index (Phi) is 2.48. The van der Waals surface area contributed by atoms with Crippen LogP contribution in [0.15, 0.2) is 33.3 Å². The van der Waals surface area contributed by atoms with Crippen molar-refractivity contribution in [1.82, 2.24) is 5.16 Å². The summed E-state index contributed by atoms with van der Waals surface area (Å²) in [6.07, 6.45) is 0. The van der Waals surface area contributed by atoms with Crippen molar-refractivity contribution in [2.24, 2.45) is 0 Å². The second-order valence-corrected chi connectivity index (χ2v) is 4.01. The lowest BCUT2D eigenvalue weighted by molar-refractivity contribution is 0.436. The number of aromatic nitrogens is 1. The maximum atomic E-state index is 5.89.